The van der Waals surface area contributed by atoms with Crippen LogP contribution in [0.5, 0.6) is 0 Å². The molecule has 2 bridgehead atoms. The SMILES string of the molecule is CC1(C)C2CCC1(C)C(C(=O)OC(CSc1ccccc1)(C(=O)Nc1ccc(C#N)c(C(F)(F)F)c1)C(F)(F)F)C2. The van der Waals surface area contributed by atoms with Gasteiger partial charge in [0, 0.05) is 10.6 Å². The fraction of sp³-hybridized carbons (Fsp3) is 0.483. The summed E-state index contributed by atoms with van der Waals surface area (Å²) in [5.41, 5.74) is -7.54. The first-order valence-electron chi connectivity index (χ1n) is 12.9. The van der Waals surface area contributed by atoms with E-state index >= 15 is 0 Å². The Morgan fingerprint density at radius 1 is 1.07 bits per heavy atom. The van der Waals surface area contributed by atoms with Crippen molar-refractivity contribution in [2.45, 2.75) is 62.9 Å². The lowest BCUT2D eigenvalue weighted by Crippen LogP contribution is -2.60. The minimum atomic E-state index is -5.43. The average molecular weight is 599 g/mol. The van der Waals surface area contributed by atoms with Gasteiger partial charge in [0.1, 0.15) is 0 Å². The van der Waals surface area contributed by atoms with Crippen LogP contribution in [0, 0.1) is 34.0 Å². The third-order valence-corrected chi connectivity index (χ3v) is 10.2. The molecule has 0 aromatic heterocycles. The summed E-state index contributed by atoms with van der Waals surface area (Å²) in [4.78, 5) is 27.4. The molecule has 2 saturated carbocycles. The standard InChI is InChI=1S/C29H28F6N2O3S/c1-25(2)18-11-12-26(25,3)22(13-18)23(38)40-27(29(33,34)35,16-41-20-7-5-4-6-8-20)24(39)37-19-10-9-17(15-36)21(14-19)28(30,31)32/h4-10,14,18,22H,11-13,16H2,1-3H3,(H,37,39). The Morgan fingerprint density at radius 3 is 2.24 bits per heavy atom. The number of thioether (sulfide) groups is 1. The lowest BCUT2D eigenvalue weighted by atomic mass is 9.67. The number of nitriles is 1. The van der Waals surface area contributed by atoms with Crippen LogP contribution >= 0.6 is 11.8 Å². The minimum Gasteiger partial charge on any atom is -0.438 e. The van der Waals surface area contributed by atoms with Gasteiger partial charge in [-0.1, -0.05) is 39.0 Å². The van der Waals surface area contributed by atoms with Gasteiger partial charge in [0.25, 0.3) is 11.5 Å². The van der Waals surface area contributed by atoms with Gasteiger partial charge in [-0.25, -0.2) is 0 Å². The fourth-order valence-corrected chi connectivity index (χ4v) is 7.17. The van der Waals surface area contributed by atoms with Crippen molar-refractivity contribution < 1.29 is 40.7 Å². The summed E-state index contributed by atoms with van der Waals surface area (Å²) >= 11 is 0.624. The number of carbonyl (C=O) groups is 2. The largest absolute Gasteiger partial charge is 0.438 e. The van der Waals surface area contributed by atoms with Gasteiger partial charge in [-0.05, 0) is 66.3 Å². The average Bonchev–Trinajstić information content (AvgIpc) is 3.24. The minimum absolute atomic E-state index is 0.0947. The first-order chi connectivity index (χ1) is 19.0. The molecule has 0 aliphatic heterocycles. The molecule has 4 atom stereocenters. The number of anilines is 1. The van der Waals surface area contributed by atoms with E-state index in [0.717, 1.165) is 18.6 Å². The Morgan fingerprint density at radius 2 is 1.73 bits per heavy atom. The molecule has 0 heterocycles. The number of nitrogens with zero attached hydrogens (tertiary/aromatic N) is 1. The second-order valence-corrected chi connectivity index (χ2v) is 12.4. The molecule has 2 aliphatic carbocycles. The van der Waals surface area contributed by atoms with Gasteiger partial charge >= 0.3 is 18.3 Å². The molecule has 2 aromatic rings. The van der Waals surface area contributed by atoms with Crippen molar-refractivity contribution in [1.29, 1.82) is 5.26 Å². The van der Waals surface area contributed by atoms with Gasteiger partial charge in [-0.2, -0.15) is 31.6 Å². The predicted molar refractivity (Wildman–Crippen MR) is 140 cm³/mol. The quantitative estimate of drug-likeness (QED) is 0.202. The topological polar surface area (TPSA) is 79.2 Å². The molecule has 0 saturated heterocycles. The van der Waals surface area contributed by atoms with Gasteiger partial charge in [-0.3, -0.25) is 9.59 Å². The number of halogens is 6. The highest BCUT2D eigenvalue weighted by Gasteiger charge is 2.68. The van der Waals surface area contributed by atoms with Crippen molar-refractivity contribution in [2.24, 2.45) is 22.7 Å². The first kappa shape index (κ1) is 30.8. The number of carbonyl (C=O) groups excluding carboxylic acids is 2. The molecular weight excluding hydrogens is 570 g/mol. The molecular formula is C29H28F6N2O3S. The van der Waals surface area contributed by atoms with Crippen LogP contribution < -0.4 is 5.32 Å². The predicted octanol–water partition coefficient (Wildman–Crippen LogP) is 7.61. The van der Waals surface area contributed by atoms with Crippen molar-refractivity contribution in [3.05, 3.63) is 59.7 Å². The van der Waals surface area contributed by atoms with Crippen LogP contribution in [0.4, 0.5) is 32.0 Å². The van der Waals surface area contributed by atoms with Crippen molar-refractivity contribution in [3.63, 3.8) is 0 Å². The maximum absolute atomic E-state index is 14.9. The molecule has 4 unspecified atom stereocenters. The first-order valence-corrected chi connectivity index (χ1v) is 13.8. The molecule has 1 amide bonds. The number of esters is 1. The van der Waals surface area contributed by atoms with E-state index in [9.17, 15) is 35.9 Å². The molecule has 2 aliphatic rings. The molecule has 41 heavy (non-hydrogen) atoms. The number of fused-ring (bicyclic) bond motifs is 2. The van der Waals surface area contributed by atoms with E-state index in [1.807, 2.05) is 26.1 Å². The molecule has 4 rings (SSSR count). The van der Waals surface area contributed by atoms with E-state index in [1.54, 1.807) is 18.2 Å². The highest BCUT2D eigenvalue weighted by molar-refractivity contribution is 7.99. The highest BCUT2D eigenvalue weighted by Crippen LogP contribution is 2.68. The molecule has 0 radical (unpaired) electrons. The zero-order valence-electron chi connectivity index (χ0n) is 22.4. The summed E-state index contributed by atoms with van der Waals surface area (Å²) in [5, 5.41) is 10.9. The van der Waals surface area contributed by atoms with Crippen LogP contribution in [0.15, 0.2) is 53.4 Å². The van der Waals surface area contributed by atoms with Gasteiger partial charge in [0.05, 0.1) is 28.9 Å². The molecule has 2 aromatic carbocycles. The van der Waals surface area contributed by atoms with Gasteiger partial charge in [0.15, 0.2) is 0 Å². The zero-order chi connectivity index (χ0) is 30.4. The van der Waals surface area contributed by atoms with Gasteiger partial charge in [0.2, 0.25) is 0 Å². The Hall–Kier alpha value is -3.20. The fourth-order valence-electron chi connectivity index (χ4n) is 6.10. The molecule has 220 valence electrons. The van der Waals surface area contributed by atoms with Crippen molar-refractivity contribution >= 4 is 29.3 Å². The summed E-state index contributed by atoms with van der Waals surface area (Å²) in [7, 11) is 0. The second-order valence-electron chi connectivity index (χ2n) is 11.3. The highest BCUT2D eigenvalue weighted by atomic mass is 32.2. The third kappa shape index (κ3) is 5.41. The van der Waals surface area contributed by atoms with Crippen LogP contribution in [-0.4, -0.2) is 29.4 Å². The lowest BCUT2D eigenvalue weighted by molar-refractivity contribution is -0.255. The van der Waals surface area contributed by atoms with Crippen LogP contribution in [0.2, 0.25) is 0 Å². The Balaban J connectivity index is 1.73. The van der Waals surface area contributed by atoms with Crippen molar-refractivity contribution in [2.75, 3.05) is 11.1 Å². The number of rotatable bonds is 7. The number of hydrogen-bond acceptors (Lipinski definition) is 5. The Labute approximate surface area is 237 Å². The van der Waals surface area contributed by atoms with Crippen LogP contribution in [0.1, 0.15) is 51.2 Å². The van der Waals surface area contributed by atoms with E-state index in [-0.39, 0.29) is 11.3 Å². The van der Waals surface area contributed by atoms with Crippen molar-refractivity contribution in [1.82, 2.24) is 0 Å². The molecule has 12 heteroatoms. The van der Waals surface area contributed by atoms with E-state index in [2.05, 4.69) is 0 Å². The lowest BCUT2D eigenvalue weighted by Gasteiger charge is -2.40. The Bertz CT molecular complexity index is 1370. The summed E-state index contributed by atoms with van der Waals surface area (Å²) in [5.74, 6) is -4.88. The summed E-state index contributed by atoms with van der Waals surface area (Å²) in [6, 6.07) is 11.2. The van der Waals surface area contributed by atoms with Crippen LogP contribution in [0.25, 0.3) is 0 Å². The van der Waals surface area contributed by atoms with Crippen molar-refractivity contribution in [3.8, 4) is 6.07 Å². The number of nitrogens with one attached hydrogen (secondary N) is 1. The molecule has 1 N–H and O–H groups in total. The van der Waals surface area contributed by atoms with Crippen LogP contribution in [-0.2, 0) is 20.5 Å². The zero-order valence-corrected chi connectivity index (χ0v) is 23.3. The maximum atomic E-state index is 14.9. The molecule has 2 fully saturated rings. The monoisotopic (exact) mass is 598 g/mol. The molecule has 0 spiro atoms. The number of amides is 1. The van der Waals surface area contributed by atoms with E-state index < -0.39 is 63.7 Å². The number of ether oxygens (including phenoxy) is 1. The summed E-state index contributed by atoms with van der Waals surface area (Å²) < 4.78 is 90.5. The van der Waals surface area contributed by atoms with E-state index in [0.29, 0.717) is 35.6 Å². The summed E-state index contributed by atoms with van der Waals surface area (Å²) in [6.45, 7) is 5.78. The third-order valence-electron chi connectivity index (χ3n) is 9.07. The van der Waals surface area contributed by atoms with Gasteiger partial charge in [-0.15, -0.1) is 11.8 Å². The molecule has 5 nitrogen and oxygen atoms in total. The maximum Gasteiger partial charge on any atom is 0.438 e. The van der Waals surface area contributed by atoms with Crippen LogP contribution in [0.3, 0.4) is 0 Å². The Kier molecular flexibility index (Phi) is 7.93. The number of benzene rings is 2. The van der Waals surface area contributed by atoms with E-state index in [1.165, 1.54) is 18.2 Å². The van der Waals surface area contributed by atoms with E-state index in [4.69, 9.17) is 10.00 Å². The number of alkyl halides is 6. The second kappa shape index (κ2) is 10.6. The van der Waals surface area contributed by atoms with Gasteiger partial charge < -0.3 is 10.1 Å². The number of hydrogen-bond donors (Lipinski definition) is 1. The smallest absolute Gasteiger partial charge is 0.438 e. The normalized spacial score (nSPS) is 24.8. The summed E-state index contributed by atoms with van der Waals surface area (Å²) in [6.07, 6.45) is -8.69.